The Hall–Kier alpha value is -3.81. The molecule has 0 bridgehead atoms. The predicted molar refractivity (Wildman–Crippen MR) is 142 cm³/mol. The van der Waals surface area contributed by atoms with Crippen LogP contribution in [0.3, 0.4) is 0 Å². The average molecular weight is 523 g/mol. The average Bonchev–Trinajstić information content (AvgIpc) is 3.47. The molecular weight excluding hydrogens is 487 g/mol. The summed E-state index contributed by atoms with van der Waals surface area (Å²) in [5, 5.41) is 0. The van der Waals surface area contributed by atoms with Gasteiger partial charge in [-0.15, -0.1) is 0 Å². The fraction of sp³-hybridized carbons (Fsp3) is 0.400. The Morgan fingerprint density at radius 3 is 2.42 bits per heavy atom. The number of ether oxygens (including phenoxy) is 2. The van der Waals surface area contributed by atoms with Gasteiger partial charge < -0.3 is 23.7 Å². The van der Waals surface area contributed by atoms with Crippen molar-refractivity contribution in [2.75, 3.05) is 27.3 Å². The number of methoxy groups -OCH3 is 2. The highest BCUT2D eigenvalue weighted by Gasteiger charge is 2.31. The van der Waals surface area contributed by atoms with Crippen molar-refractivity contribution in [2.24, 2.45) is 0 Å². The van der Waals surface area contributed by atoms with Gasteiger partial charge >= 0.3 is 0 Å². The number of rotatable bonds is 11. The molecule has 1 aliphatic rings. The molecule has 1 fully saturated rings. The topological polar surface area (TPSA) is 72.2 Å². The van der Waals surface area contributed by atoms with Gasteiger partial charge in [0.25, 0.3) is 5.91 Å². The van der Waals surface area contributed by atoms with Gasteiger partial charge in [-0.3, -0.25) is 9.59 Å². The third-order valence-corrected chi connectivity index (χ3v) is 7.08. The Kier molecular flexibility index (Phi) is 9.40. The maximum Gasteiger partial charge on any atom is 0.257 e. The van der Waals surface area contributed by atoms with Crippen molar-refractivity contribution in [1.29, 1.82) is 0 Å². The van der Waals surface area contributed by atoms with E-state index in [0.29, 0.717) is 30.2 Å². The second kappa shape index (κ2) is 13.1. The van der Waals surface area contributed by atoms with E-state index < -0.39 is 11.7 Å². The first kappa shape index (κ1) is 27.2. The van der Waals surface area contributed by atoms with Gasteiger partial charge in [0.15, 0.2) is 11.5 Å². The van der Waals surface area contributed by atoms with Gasteiger partial charge in [-0.05, 0) is 61.2 Å². The molecule has 4 rings (SSSR count). The monoisotopic (exact) mass is 522 g/mol. The lowest BCUT2D eigenvalue weighted by molar-refractivity contribution is -0.133. The summed E-state index contributed by atoms with van der Waals surface area (Å²) in [6, 6.07) is 15.1. The van der Waals surface area contributed by atoms with E-state index in [1.54, 1.807) is 48.5 Å². The van der Waals surface area contributed by atoms with Gasteiger partial charge in [0.1, 0.15) is 18.1 Å². The van der Waals surface area contributed by atoms with Crippen LogP contribution in [0.5, 0.6) is 11.5 Å². The van der Waals surface area contributed by atoms with E-state index in [1.807, 2.05) is 24.3 Å². The van der Waals surface area contributed by atoms with Crippen LogP contribution in [-0.2, 0) is 17.8 Å². The molecule has 0 atom stereocenters. The third-order valence-electron chi connectivity index (χ3n) is 7.08. The van der Waals surface area contributed by atoms with E-state index in [4.69, 9.17) is 13.9 Å². The minimum atomic E-state index is -0.577. The van der Waals surface area contributed by atoms with Crippen molar-refractivity contribution in [3.8, 4) is 11.5 Å². The number of hydrogen-bond acceptors (Lipinski definition) is 5. The van der Waals surface area contributed by atoms with Crippen LogP contribution in [0.25, 0.3) is 0 Å². The molecule has 0 unspecified atom stereocenters. The second-order valence-electron chi connectivity index (χ2n) is 9.54. The van der Waals surface area contributed by atoms with Crippen LogP contribution >= 0.6 is 0 Å². The maximum absolute atomic E-state index is 14.6. The second-order valence-corrected chi connectivity index (χ2v) is 9.54. The van der Waals surface area contributed by atoms with Gasteiger partial charge in [0, 0.05) is 12.6 Å². The number of carbonyl (C=O) groups is 2. The van der Waals surface area contributed by atoms with Gasteiger partial charge in [0.05, 0.1) is 32.6 Å². The summed E-state index contributed by atoms with van der Waals surface area (Å²) in [5.41, 5.74) is 0.972. The van der Waals surface area contributed by atoms with E-state index in [2.05, 4.69) is 0 Å². The summed E-state index contributed by atoms with van der Waals surface area (Å²) in [6.45, 7) is 0.553. The zero-order chi connectivity index (χ0) is 26.9. The van der Waals surface area contributed by atoms with Crippen LogP contribution in [0.2, 0.25) is 0 Å². The van der Waals surface area contributed by atoms with E-state index in [1.165, 1.54) is 12.1 Å². The predicted octanol–water partition coefficient (Wildman–Crippen LogP) is 5.48. The van der Waals surface area contributed by atoms with Crippen molar-refractivity contribution in [1.82, 2.24) is 9.80 Å². The highest BCUT2D eigenvalue weighted by atomic mass is 19.1. The smallest absolute Gasteiger partial charge is 0.257 e. The zero-order valence-electron chi connectivity index (χ0n) is 22.0. The lowest BCUT2D eigenvalue weighted by atomic mass is 9.93. The van der Waals surface area contributed by atoms with Gasteiger partial charge in [-0.1, -0.05) is 37.5 Å². The molecular formula is C30H35FN2O5. The molecule has 1 aromatic heterocycles. The van der Waals surface area contributed by atoms with Crippen molar-refractivity contribution >= 4 is 11.8 Å². The fourth-order valence-corrected chi connectivity index (χ4v) is 4.98. The summed E-state index contributed by atoms with van der Waals surface area (Å²) in [6.07, 6.45) is 6.81. The maximum atomic E-state index is 14.6. The van der Waals surface area contributed by atoms with Crippen molar-refractivity contribution in [2.45, 2.75) is 51.1 Å². The molecule has 8 heteroatoms. The number of nitrogens with zero attached hydrogens (tertiary/aromatic N) is 2. The first-order chi connectivity index (χ1) is 18.5. The molecule has 2 aromatic carbocycles. The standard InChI is InChI=1S/C30H35FN2O5/c1-36-27-15-14-22(19-28(27)37-2)16-17-32(20-24-11-8-18-38-24)29(34)21-33(23-9-4-3-5-10-23)30(35)25-12-6-7-13-26(25)31/h6-8,11-15,18-19,23H,3-5,9-10,16-17,20-21H2,1-2H3. The lowest BCUT2D eigenvalue weighted by Gasteiger charge is -2.35. The molecule has 202 valence electrons. The van der Waals surface area contributed by atoms with Crippen molar-refractivity contribution in [3.05, 3.63) is 83.6 Å². The number of benzene rings is 2. The minimum Gasteiger partial charge on any atom is -0.493 e. The van der Waals surface area contributed by atoms with E-state index >= 15 is 0 Å². The molecule has 0 N–H and O–H groups in total. The summed E-state index contributed by atoms with van der Waals surface area (Å²) < 4.78 is 30.8. The van der Waals surface area contributed by atoms with Crippen LogP contribution in [-0.4, -0.2) is 55.0 Å². The zero-order valence-corrected chi connectivity index (χ0v) is 22.0. The number of amides is 2. The lowest BCUT2D eigenvalue weighted by Crippen LogP contribution is -2.48. The summed E-state index contributed by atoms with van der Waals surface area (Å²) in [5.74, 6) is 0.669. The Morgan fingerprint density at radius 2 is 1.74 bits per heavy atom. The molecule has 0 aliphatic heterocycles. The van der Waals surface area contributed by atoms with Gasteiger partial charge in [-0.2, -0.15) is 0 Å². The van der Waals surface area contributed by atoms with E-state index in [9.17, 15) is 14.0 Å². The molecule has 1 aliphatic carbocycles. The quantitative estimate of drug-likeness (QED) is 0.333. The normalized spacial score (nSPS) is 13.7. The first-order valence-electron chi connectivity index (χ1n) is 13.1. The Bertz CT molecular complexity index is 1210. The third kappa shape index (κ3) is 6.73. The van der Waals surface area contributed by atoms with Crippen molar-refractivity contribution < 1.29 is 27.9 Å². The summed E-state index contributed by atoms with van der Waals surface area (Å²) >= 11 is 0. The van der Waals surface area contributed by atoms with Crippen molar-refractivity contribution in [3.63, 3.8) is 0 Å². The fourth-order valence-electron chi connectivity index (χ4n) is 4.98. The SMILES string of the molecule is COc1ccc(CCN(Cc2ccco2)C(=O)CN(C(=O)c2ccccc2F)C2CCCCC2)cc1OC. The number of hydrogen-bond donors (Lipinski definition) is 0. The molecule has 1 saturated carbocycles. The summed E-state index contributed by atoms with van der Waals surface area (Å²) in [4.78, 5) is 30.5. The van der Waals surface area contributed by atoms with Crippen LogP contribution in [0.4, 0.5) is 4.39 Å². The molecule has 0 radical (unpaired) electrons. The summed E-state index contributed by atoms with van der Waals surface area (Å²) in [7, 11) is 3.17. The largest absolute Gasteiger partial charge is 0.493 e. The molecule has 2 amide bonds. The Balaban J connectivity index is 1.55. The van der Waals surface area contributed by atoms with Crippen LogP contribution in [0.1, 0.15) is 53.8 Å². The van der Waals surface area contributed by atoms with Gasteiger partial charge in [-0.25, -0.2) is 4.39 Å². The van der Waals surface area contributed by atoms with Crippen LogP contribution < -0.4 is 9.47 Å². The molecule has 3 aromatic rings. The van der Waals surface area contributed by atoms with Crippen LogP contribution in [0.15, 0.2) is 65.3 Å². The first-order valence-corrected chi connectivity index (χ1v) is 13.1. The molecule has 0 spiro atoms. The molecule has 38 heavy (non-hydrogen) atoms. The Morgan fingerprint density at radius 1 is 0.974 bits per heavy atom. The highest BCUT2D eigenvalue weighted by Crippen LogP contribution is 2.28. The highest BCUT2D eigenvalue weighted by molar-refractivity contribution is 5.97. The van der Waals surface area contributed by atoms with Crippen LogP contribution in [0, 0.1) is 5.82 Å². The number of furan rings is 1. The molecule has 1 heterocycles. The molecule has 0 saturated heterocycles. The van der Waals surface area contributed by atoms with E-state index in [-0.39, 0.29) is 30.6 Å². The number of carbonyl (C=O) groups excluding carboxylic acids is 2. The van der Waals surface area contributed by atoms with E-state index in [0.717, 1.165) is 37.7 Å². The Labute approximate surface area is 223 Å². The van der Waals surface area contributed by atoms with Gasteiger partial charge in [0.2, 0.25) is 5.91 Å². The number of halogens is 1. The minimum absolute atomic E-state index is 0.00575. The molecule has 7 nitrogen and oxygen atoms in total.